The van der Waals surface area contributed by atoms with Crippen LogP contribution in [0.4, 0.5) is 4.39 Å². The Bertz CT molecular complexity index is 557. The van der Waals surface area contributed by atoms with Crippen LogP contribution in [0.2, 0.25) is 0 Å². The molecular formula is C19H25F. The Labute approximate surface area is 122 Å². The second kappa shape index (κ2) is 7.42. The van der Waals surface area contributed by atoms with E-state index in [9.17, 15) is 4.39 Å². The lowest BCUT2D eigenvalue weighted by atomic mass is 9.99. The molecule has 2 aromatic carbocycles. The van der Waals surface area contributed by atoms with Crippen LogP contribution in [0.15, 0.2) is 30.3 Å². The first-order valence-electron chi connectivity index (χ1n) is 7.95. The summed E-state index contributed by atoms with van der Waals surface area (Å²) in [5.41, 5.74) is 2.36. The highest BCUT2D eigenvalue weighted by Crippen LogP contribution is 2.23. The van der Waals surface area contributed by atoms with Crippen LogP contribution in [0.3, 0.4) is 0 Å². The van der Waals surface area contributed by atoms with E-state index in [1.54, 1.807) is 6.07 Å². The number of aryl methyl sites for hydroxylation is 2. The van der Waals surface area contributed by atoms with Gasteiger partial charge in [0, 0.05) is 5.39 Å². The third-order valence-corrected chi connectivity index (χ3v) is 3.89. The van der Waals surface area contributed by atoms with Crippen LogP contribution in [0.5, 0.6) is 0 Å². The summed E-state index contributed by atoms with van der Waals surface area (Å²) in [4.78, 5) is 0. The van der Waals surface area contributed by atoms with E-state index in [4.69, 9.17) is 0 Å². The lowest BCUT2D eigenvalue weighted by molar-refractivity contribution is 0.632. The molecule has 0 aromatic heterocycles. The predicted molar refractivity (Wildman–Crippen MR) is 85.7 cm³/mol. The summed E-state index contributed by atoms with van der Waals surface area (Å²) in [5.74, 6) is -0.0639. The SMILES string of the molecule is CCCCCCc1cc(F)c2cc(CCC)ccc2c1. The summed E-state index contributed by atoms with van der Waals surface area (Å²) in [7, 11) is 0. The molecular weight excluding hydrogens is 247 g/mol. The highest BCUT2D eigenvalue weighted by Gasteiger charge is 2.05. The van der Waals surface area contributed by atoms with Gasteiger partial charge < -0.3 is 0 Å². The van der Waals surface area contributed by atoms with Crippen LogP contribution in [0.25, 0.3) is 10.8 Å². The molecule has 0 nitrogen and oxygen atoms in total. The first kappa shape index (κ1) is 15.0. The Balaban J connectivity index is 2.17. The molecule has 0 amide bonds. The maximum atomic E-state index is 14.2. The first-order chi connectivity index (χ1) is 9.74. The van der Waals surface area contributed by atoms with E-state index in [2.05, 4.69) is 32.0 Å². The van der Waals surface area contributed by atoms with Crippen molar-refractivity contribution in [2.45, 2.75) is 58.8 Å². The normalized spacial score (nSPS) is 11.2. The average Bonchev–Trinajstić information content (AvgIpc) is 2.45. The quantitative estimate of drug-likeness (QED) is 0.538. The van der Waals surface area contributed by atoms with Gasteiger partial charge >= 0.3 is 0 Å². The molecule has 0 aliphatic carbocycles. The second-order valence-electron chi connectivity index (χ2n) is 5.69. The summed E-state index contributed by atoms with van der Waals surface area (Å²) in [5, 5.41) is 1.81. The summed E-state index contributed by atoms with van der Waals surface area (Å²) in [6.07, 6.45) is 8.03. The van der Waals surface area contributed by atoms with Crippen LogP contribution in [-0.4, -0.2) is 0 Å². The minimum atomic E-state index is -0.0639. The van der Waals surface area contributed by atoms with E-state index in [0.717, 1.165) is 42.0 Å². The van der Waals surface area contributed by atoms with Crippen LogP contribution < -0.4 is 0 Å². The number of unbranched alkanes of at least 4 members (excludes halogenated alkanes) is 3. The second-order valence-corrected chi connectivity index (χ2v) is 5.69. The van der Waals surface area contributed by atoms with Gasteiger partial charge in [-0.05, 0) is 47.9 Å². The van der Waals surface area contributed by atoms with Gasteiger partial charge in [-0.2, -0.15) is 0 Å². The van der Waals surface area contributed by atoms with Crippen molar-refractivity contribution in [3.63, 3.8) is 0 Å². The van der Waals surface area contributed by atoms with E-state index in [0.29, 0.717) is 0 Å². The van der Waals surface area contributed by atoms with Crippen LogP contribution in [0.1, 0.15) is 57.1 Å². The van der Waals surface area contributed by atoms with Crippen molar-refractivity contribution < 1.29 is 4.39 Å². The number of benzene rings is 2. The molecule has 0 saturated carbocycles. The molecule has 0 aliphatic rings. The summed E-state index contributed by atoms with van der Waals surface area (Å²) >= 11 is 0. The molecule has 2 rings (SSSR count). The van der Waals surface area contributed by atoms with E-state index < -0.39 is 0 Å². The van der Waals surface area contributed by atoms with Gasteiger partial charge in [0.25, 0.3) is 0 Å². The van der Waals surface area contributed by atoms with Gasteiger partial charge in [0.1, 0.15) is 5.82 Å². The monoisotopic (exact) mass is 272 g/mol. The first-order valence-corrected chi connectivity index (χ1v) is 7.95. The van der Waals surface area contributed by atoms with Gasteiger partial charge in [0.2, 0.25) is 0 Å². The molecule has 0 N–H and O–H groups in total. The zero-order valence-electron chi connectivity index (χ0n) is 12.7. The topological polar surface area (TPSA) is 0 Å². The average molecular weight is 272 g/mol. The number of hydrogen-bond donors (Lipinski definition) is 0. The van der Waals surface area contributed by atoms with Crippen LogP contribution in [0, 0.1) is 5.82 Å². The fourth-order valence-corrected chi connectivity index (χ4v) is 2.76. The molecule has 2 aromatic rings. The van der Waals surface area contributed by atoms with E-state index in [1.165, 1.54) is 24.8 Å². The van der Waals surface area contributed by atoms with E-state index in [1.807, 2.05) is 6.07 Å². The van der Waals surface area contributed by atoms with Gasteiger partial charge in [-0.25, -0.2) is 4.39 Å². The molecule has 0 radical (unpaired) electrons. The Morgan fingerprint density at radius 3 is 2.40 bits per heavy atom. The van der Waals surface area contributed by atoms with Gasteiger partial charge in [0.05, 0.1) is 0 Å². The zero-order chi connectivity index (χ0) is 14.4. The largest absolute Gasteiger partial charge is 0.206 e. The molecule has 0 heterocycles. The Kier molecular flexibility index (Phi) is 5.58. The molecule has 0 spiro atoms. The minimum absolute atomic E-state index is 0.0639. The molecule has 0 bridgehead atoms. The van der Waals surface area contributed by atoms with Crippen molar-refractivity contribution in [3.8, 4) is 0 Å². The van der Waals surface area contributed by atoms with Crippen molar-refractivity contribution in [1.82, 2.24) is 0 Å². The van der Waals surface area contributed by atoms with E-state index >= 15 is 0 Å². The summed E-state index contributed by atoms with van der Waals surface area (Å²) < 4.78 is 14.2. The number of halogens is 1. The van der Waals surface area contributed by atoms with Gasteiger partial charge in [-0.1, -0.05) is 57.7 Å². The Morgan fingerprint density at radius 2 is 1.65 bits per heavy atom. The molecule has 108 valence electrons. The third-order valence-electron chi connectivity index (χ3n) is 3.89. The highest BCUT2D eigenvalue weighted by molar-refractivity contribution is 5.84. The minimum Gasteiger partial charge on any atom is -0.206 e. The fraction of sp³-hybridized carbons (Fsp3) is 0.474. The summed E-state index contributed by atoms with van der Waals surface area (Å²) in [6.45, 7) is 4.36. The maximum Gasteiger partial charge on any atom is 0.131 e. The molecule has 0 atom stereocenters. The smallest absolute Gasteiger partial charge is 0.131 e. The predicted octanol–water partition coefficient (Wildman–Crippen LogP) is 6.05. The van der Waals surface area contributed by atoms with Crippen molar-refractivity contribution in [2.75, 3.05) is 0 Å². The lowest BCUT2D eigenvalue weighted by Crippen LogP contribution is -1.91. The molecule has 1 heteroatoms. The number of hydrogen-bond acceptors (Lipinski definition) is 0. The number of rotatable bonds is 7. The van der Waals surface area contributed by atoms with Crippen LogP contribution in [-0.2, 0) is 12.8 Å². The molecule has 0 aliphatic heterocycles. The van der Waals surface area contributed by atoms with Crippen molar-refractivity contribution in [1.29, 1.82) is 0 Å². The third kappa shape index (κ3) is 3.82. The van der Waals surface area contributed by atoms with E-state index in [-0.39, 0.29) is 5.82 Å². The molecule has 20 heavy (non-hydrogen) atoms. The van der Waals surface area contributed by atoms with Gasteiger partial charge in [-0.15, -0.1) is 0 Å². The maximum absolute atomic E-state index is 14.2. The molecule has 0 unspecified atom stereocenters. The Hall–Kier alpha value is -1.37. The number of fused-ring (bicyclic) bond motifs is 1. The standard InChI is InChI=1S/C19H25F/c1-3-5-6-7-9-16-12-17-11-10-15(8-4-2)13-18(17)19(20)14-16/h10-14H,3-9H2,1-2H3. The van der Waals surface area contributed by atoms with Crippen LogP contribution >= 0.6 is 0 Å². The molecule has 0 fully saturated rings. The fourth-order valence-electron chi connectivity index (χ4n) is 2.76. The summed E-state index contributed by atoms with van der Waals surface area (Å²) in [6, 6.07) is 10.1. The van der Waals surface area contributed by atoms with Gasteiger partial charge in [-0.3, -0.25) is 0 Å². The molecule has 0 saturated heterocycles. The van der Waals surface area contributed by atoms with Crippen molar-refractivity contribution in [3.05, 3.63) is 47.3 Å². The zero-order valence-corrected chi connectivity index (χ0v) is 12.7. The highest BCUT2D eigenvalue weighted by atomic mass is 19.1. The van der Waals surface area contributed by atoms with Crippen molar-refractivity contribution in [2.24, 2.45) is 0 Å². The Morgan fingerprint density at radius 1 is 0.800 bits per heavy atom. The lowest BCUT2D eigenvalue weighted by Gasteiger charge is -2.07. The van der Waals surface area contributed by atoms with Gasteiger partial charge in [0.15, 0.2) is 0 Å². The van der Waals surface area contributed by atoms with Crippen molar-refractivity contribution >= 4 is 10.8 Å².